The molecule has 1 amide bonds. The van der Waals surface area contributed by atoms with Crippen LogP contribution in [0.3, 0.4) is 0 Å². The van der Waals surface area contributed by atoms with Gasteiger partial charge in [0.05, 0.1) is 0 Å². The Morgan fingerprint density at radius 2 is 2.20 bits per heavy atom. The number of carbonyl (C=O) groups excluding carboxylic acids is 1. The maximum atomic E-state index is 12.4. The number of hydrogen-bond donors (Lipinski definition) is 1. The van der Waals surface area contributed by atoms with Gasteiger partial charge in [0.2, 0.25) is 5.91 Å². The highest BCUT2D eigenvalue weighted by Gasteiger charge is 2.32. The van der Waals surface area contributed by atoms with E-state index in [1.165, 1.54) is 11.1 Å². The monoisotopic (exact) mass is 274 g/mol. The molecule has 0 radical (unpaired) electrons. The number of nitrogens with zero attached hydrogens (tertiary/aromatic N) is 1. The normalized spacial score (nSPS) is 15.9. The molecule has 1 unspecified atom stereocenters. The molecule has 2 N–H and O–H groups in total. The fourth-order valence-corrected chi connectivity index (χ4v) is 2.53. The number of nitrogens with two attached hydrogens (primary N) is 1. The van der Waals surface area contributed by atoms with Crippen LogP contribution in [0.5, 0.6) is 0 Å². The summed E-state index contributed by atoms with van der Waals surface area (Å²) in [5.74, 6) is 0.287. The summed E-state index contributed by atoms with van der Waals surface area (Å²) in [5, 5.41) is 0. The standard InChI is InChI=1S/C17H26N2O/c1-13-5-3-7-15(11-13)12-19(16-9-10-16)17(20)8-4-6-14(2)18/h3,5,7,11,14,16H,4,6,8-10,12,18H2,1-2H3. The summed E-state index contributed by atoms with van der Waals surface area (Å²) in [6.45, 7) is 4.84. The van der Waals surface area contributed by atoms with Gasteiger partial charge in [-0.2, -0.15) is 0 Å². The largest absolute Gasteiger partial charge is 0.335 e. The summed E-state index contributed by atoms with van der Waals surface area (Å²) >= 11 is 0. The minimum atomic E-state index is 0.189. The van der Waals surface area contributed by atoms with Gasteiger partial charge in [0.1, 0.15) is 0 Å². The molecule has 0 saturated heterocycles. The van der Waals surface area contributed by atoms with Crippen LogP contribution in [0, 0.1) is 6.92 Å². The van der Waals surface area contributed by atoms with Crippen molar-refractivity contribution in [1.29, 1.82) is 0 Å². The number of carbonyl (C=O) groups is 1. The lowest BCUT2D eigenvalue weighted by molar-refractivity contribution is -0.132. The van der Waals surface area contributed by atoms with Gasteiger partial charge in [0.15, 0.2) is 0 Å². The fourth-order valence-electron chi connectivity index (χ4n) is 2.53. The van der Waals surface area contributed by atoms with Crippen molar-refractivity contribution in [3.8, 4) is 0 Å². The number of hydrogen-bond acceptors (Lipinski definition) is 2. The van der Waals surface area contributed by atoms with Crippen LogP contribution in [0.25, 0.3) is 0 Å². The molecule has 1 aromatic rings. The van der Waals surface area contributed by atoms with E-state index in [-0.39, 0.29) is 11.9 Å². The summed E-state index contributed by atoms with van der Waals surface area (Å²) in [6, 6.07) is 9.10. The molecule has 0 bridgehead atoms. The number of benzene rings is 1. The summed E-state index contributed by atoms with van der Waals surface area (Å²) < 4.78 is 0. The van der Waals surface area contributed by atoms with Crippen LogP contribution < -0.4 is 5.73 Å². The van der Waals surface area contributed by atoms with Gasteiger partial charge in [-0.25, -0.2) is 0 Å². The van der Waals surface area contributed by atoms with Crippen molar-refractivity contribution in [1.82, 2.24) is 4.90 Å². The van der Waals surface area contributed by atoms with E-state index in [9.17, 15) is 4.79 Å². The zero-order valence-corrected chi connectivity index (χ0v) is 12.6. The third-order valence-corrected chi connectivity index (χ3v) is 3.79. The maximum Gasteiger partial charge on any atom is 0.223 e. The Hall–Kier alpha value is -1.35. The van der Waals surface area contributed by atoms with E-state index >= 15 is 0 Å². The van der Waals surface area contributed by atoms with E-state index in [1.807, 2.05) is 6.92 Å². The van der Waals surface area contributed by atoms with Gasteiger partial charge >= 0.3 is 0 Å². The van der Waals surface area contributed by atoms with Crippen LogP contribution in [0.2, 0.25) is 0 Å². The molecule has 3 nitrogen and oxygen atoms in total. The summed E-state index contributed by atoms with van der Waals surface area (Å²) in [7, 11) is 0. The minimum absolute atomic E-state index is 0.189. The predicted octanol–water partition coefficient (Wildman–Crippen LogP) is 3.00. The molecule has 2 rings (SSSR count). The van der Waals surface area contributed by atoms with E-state index in [4.69, 9.17) is 5.73 Å². The Bertz CT molecular complexity index is 452. The SMILES string of the molecule is Cc1cccc(CN(C(=O)CCCC(C)N)C2CC2)c1. The average molecular weight is 274 g/mol. The lowest BCUT2D eigenvalue weighted by Gasteiger charge is -2.23. The van der Waals surface area contributed by atoms with Crippen molar-refractivity contribution in [2.24, 2.45) is 5.73 Å². The molecule has 1 fully saturated rings. The molecule has 1 aliphatic carbocycles. The first kappa shape index (κ1) is 15.0. The van der Waals surface area contributed by atoms with Gasteiger partial charge in [-0.1, -0.05) is 29.8 Å². The zero-order valence-electron chi connectivity index (χ0n) is 12.6. The molecule has 20 heavy (non-hydrogen) atoms. The summed E-state index contributed by atoms with van der Waals surface area (Å²) in [6.07, 6.45) is 4.77. The highest BCUT2D eigenvalue weighted by atomic mass is 16.2. The van der Waals surface area contributed by atoms with Crippen molar-refractivity contribution < 1.29 is 4.79 Å². The first-order chi connectivity index (χ1) is 9.56. The van der Waals surface area contributed by atoms with Gasteiger partial charge in [0.25, 0.3) is 0 Å². The second-order valence-corrected chi connectivity index (χ2v) is 6.11. The van der Waals surface area contributed by atoms with Crippen molar-refractivity contribution >= 4 is 5.91 Å². The summed E-state index contributed by atoms with van der Waals surface area (Å²) in [5.41, 5.74) is 8.23. The Morgan fingerprint density at radius 3 is 2.80 bits per heavy atom. The van der Waals surface area contributed by atoms with Gasteiger partial charge in [-0.05, 0) is 45.1 Å². The molecule has 0 aromatic heterocycles. The maximum absolute atomic E-state index is 12.4. The number of aryl methyl sites for hydroxylation is 1. The molecule has 110 valence electrons. The first-order valence-electron chi connectivity index (χ1n) is 7.67. The topological polar surface area (TPSA) is 46.3 Å². The van der Waals surface area contributed by atoms with Crippen molar-refractivity contribution in [2.45, 2.75) is 64.6 Å². The molecule has 0 spiro atoms. The fraction of sp³-hybridized carbons (Fsp3) is 0.588. The quantitative estimate of drug-likeness (QED) is 0.831. The average Bonchev–Trinajstić information content (AvgIpc) is 3.19. The van der Waals surface area contributed by atoms with Crippen LogP contribution >= 0.6 is 0 Å². The third kappa shape index (κ3) is 4.64. The number of rotatable bonds is 7. The van der Waals surface area contributed by atoms with E-state index in [1.54, 1.807) is 0 Å². The molecular formula is C17H26N2O. The first-order valence-corrected chi connectivity index (χ1v) is 7.67. The lowest BCUT2D eigenvalue weighted by atomic mass is 10.1. The molecule has 0 aliphatic heterocycles. The highest BCUT2D eigenvalue weighted by Crippen LogP contribution is 2.29. The molecular weight excluding hydrogens is 248 g/mol. The Morgan fingerprint density at radius 1 is 1.45 bits per heavy atom. The molecule has 1 atom stereocenters. The molecule has 3 heteroatoms. The van der Waals surface area contributed by atoms with Crippen molar-refractivity contribution in [2.75, 3.05) is 0 Å². The summed E-state index contributed by atoms with van der Waals surface area (Å²) in [4.78, 5) is 14.4. The molecule has 1 aliphatic rings. The predicted molar refractivity (Wildman–Crippen MR) is 82.3 cm³/mol. The van der Waals surface area contributed by atoms with Crippen molar-refractivity contribution in [3.05, 3.63) is 35.4 Å². The Labute approximate surface area is 122 Å². The van der Waals surface area contributed by atoms with Gasteiger partial charge in [-0.15, -0.1) is 0 Å². The van der Waals surface area contributed by atoms with Crippen molar-refractivity contribution in [3.63, 3.8) is 0 Å². The Balaban J connectivity index is 1.91. The highest BCUT2D eigenvalue weighted by molar-refractivity contribution is 5.76. The van der Waals surface area contributed by atoms with Gasteiger partial charge in [-0.3, -0.25) is 4.79 Å². The second kappa shape index (κ2) is 6.89. The van der Waals surface area contributed by atoms with Crippen LogP contribution in [-0.2, 0) is 11.3 Å². The van der Waals surface area contributed by atoms with E-state index < -0.39 is 0 Å². The molecule has 1 aromatic carbocycles. The van der Waals surface area contributed by atoms with Crippen LogP contribution in [-0.4, -0.2) is 22.9 Å². The second-order valence-electron chi connectivity index (χ2n) is 6.11. The Kier molecular flexibility index (Phi) is 5.18. The van der Waals surface area contributed by atoms with Crippen LogP contribution in [0.15, 0.2) is 24.3 Å². The van der Waals surface area contributed by atoms with E-state index in [0.29, 0.717) is 12.5 Å². The van der Waals surface area contributed by atoms with Crippen LogP contribution in [0.1, 0.15) is 50.2 Å². The third-order valence-electron chi connectivity index (χ3n) is 3.79. The smallest absolute Gasteiger partial charge is 0.223 e. The molecule has 0 heterocycles. The lowest BCUT2D eigenvalue weighted by Crippen LogP contribution is -2.32. The number of amides is 1. The zero-order chi connectivity index (χ0) is 14.5. The van der Waals surface area contributed by atoms with E-state index in [0.717, 1.165) is 32.2 Å². The van der Waals surface area contributed by atoms with Crippen LogP contribution in [0.4, 0.5) is 0 Å². The van der Waals surface area contributed by atoms with E-state index in [2.05, 4.69) is 36.1 Å². The molecule has 1 saturated carbocycles. The minimum Gasteiger partial charge on any atom is -0.335 e. The van der Waals surface area contributed by atoms with Gasteiger partial charge < -0.3 is 10.6 Å². The van der Waals surface area contributed by atoms with Gasteiger partial charge in [0, 0.05) is 25.0 Å².